The monoisotopic (exact) mass is 392 g/mol. The van der Waals surface area contributed by atoms with Gasteiger partial charge in [0, 0.05) is 0 Å². The Morgan fingerprint density at radius 3 is 1.81 bits per heavy atom. The lowest BCUT2D eigenvalue weighted by Crippen LogP contribution is -2.25. The Labute approximate surface area is 163 Å². The summed E-state index contributed by atoms with van der Waals surface area (Å²) >= 11 is 0. The van der Waals surface area contributed by atoms with Crippen LogP contribution in [0, 0.1) is 5.41 Å². The van der Waals surface area contributed by atoms with E-state index in [4.69, 9.17) is 19.5 Å². The highest BCUT2D eigenvalue weighted by Crippen LogP contribution is 2.58. The van der Waals surface area contributed by atoms with Gasteiger partial charge < -0.3 is 10.5 Å². The molecule has 2 aromatic rings. The normalized spacial score (nSPS) is 12.3. The second-order valence-corrected chi connectivity index (χ2v) is 9.36. The van der Waals surface area contributed by atoms with E-state index < -0.39 is 7.94 Å². The van der Waals surface area contributed by atoms with Crippen molar-refractivity contribution < 1.29 is 18.7 Å². The minimum absolute atomic E-state index is 0.00630. The lowest BCUT2D eigenvalue weighted by Gasteiger charge is -2.22. The van der Waals surface area contributed by atoms with E-state index >= 15 is 0 Å². The van der Waals surface area contributed by atoms with Crippen LogP contribution in [-0.4, -0.2) is 24.4 Å². The van der Waals surface area contributed by atoms with Crippen LogP contribution in [0.25, 0.3) is 0 Å². The predicted octanol–water partition coefficient (Wildman–Crippen LogP) is 4.52. The SMILES string of the molecule is CC(C)(CN)CCOC[P+](O)(OCc1ccccc1)OCc1ccccc1. The third-order valence-corrected chi connectivity index (χ3v) is 5.86. The molecule has 2 aromatic carbocycles. The highest BCUT2D eigenvalue weighted by atomic mass is 31.2. The topological polar surface area (TPSA) is 73.9 Å². The fourth-order valence-electron chi connectivity index (χ4n) is 2.24. The summed E-state index contributed by atoms with van der Waals surface area (Å²) in [6.07, 6.45) is 0.841. The van der Waals surface area contributed by atoms with E-state index in [1.165, 1.54) is 0 Å². The van der Waals surface area contributed by atoms with Crippen LogP contribution >= 0.6 is 7.94 Å². The van der Waals surface area contributed by atoms with Gasteiger partial charge in [-0.25, -0.2) is 0 Å². The van der Waals surface area contributed by atoms with E-state index in [1.54, 1.807) is 0 Å². The first-order valence-corrected chi connectivity index (χ1v) is 10.9. The lowest BCUT2D eigenvalue weighted by atomic mass is 9.90. The van der Waals surface area contributed by atoms with Gasteiger partial charge in [0.1, 0.15) is 13.2 Å². The first-order chi connectivity index (χ1) is 12.9. The molecule has 0 saturated heterocycles. The van der Waals surface area contributed by atoms with E-state index in [2.05, 4.69) is 13.8 Å². The smallest absolute Gasteiger partial charge is 0.339 e. The van der Waals surface area contributed by atoms with Crippen molar-refractivity contribution in [1.29, 1.82) is 0 Å². The first kappa shape index (κ1) is 22.0. The van der Waals surface area contributed by atoms with Crippen LogP contribution in [0.15, 0.2) is 60.7 Å². The molecule has 0 saturated carbocycles. The van der Waals surface area contributed by atoms with Gasteiger partial charge in [-0.2, -0.15) is 13.9 Å². The number of rotatable bonds is 12. The Hall–Kier alpha value is -1.33. The van der Waals surface area contributed by atoms with Crippen LogP contribution in [0.4, 0.5) is 0 Å². The van der Waals surface area contributed by atoms with Crippen molar-refractivity contribution in [3.8, 4) is 0 Å². The van der Waals surface area contributed by atoms with Gasteiger partial charge in [0.15, 0.2) is 0 Å². The largest absolute Gasteiger partial charge is 0.437 e. The minimum atomic E-state index is -3.14. The van der Waals surface area contributed by atoms with E-state index in [9.17, 15) is 4.89 Å². The molecule has 0 bridgehead atoms. The maximum Gasteiger partial charge on any atom is 0.437 e. The van der Waals surface area contributed by atoms with Gasteiger partial charge >= 0.3 is 7.94 Å². The third-order valence-electron chi connectivity index (χ3n) is 4.28. The average molecular weight is 392 g/mol. The summed E-state index contributed by atoms with van der Waals surface area (Å²) in [6, 6.07) is 19.4. The van der Waals surface area contributed by atoms with Crippen molar-refractivity contribution in [2.24, 2.45) is 11.1 Å². The molecule has 0 atom stereocenters. The molecule has 0 amide bonds. The second kappa shape index (κ2) is 10.9. The minimum Gasteiger partial charge on any atom is -0.339 e. The molecule has 3 N–H and O–H groups in total. The Kier molecular flexibility index (Phi) is 8.84. The molecule has 148 valence electrons. The molecular formula is C21H31NO4P+. The number of benzene rings is 2. The van der Waals surface area contributed by atoms with Gasteiger partial charge in [-0.1, -0.05) is 74.5 Å². The third kappa shape index (κ3) is 8.48. The maximum atomic E-state index is 10.9. The predicted molar refractivity (Wildman–Crippen MR) is 110 cm³/mol. The number of hydrogen-bond acceptors (Lipinski definition) is 5. The molecular weight excluding hydrogens is 361 g/mol. The molecule has 2 rings (SSSR count). The summed E-state index contributed by atoms with van der Waals surface area (Å²) in [4.78, 5) is 10.9. The lowest BCUT2D eigenvalue weighted by molar-refractivity contribution is 0.0890. The molecule has 27 heavy (non-hydrogen) atoms. The molecule has 0 aliphatic heterocycles. The van der Waals surface area contributed by atoms with Gasteiger partial charge in [0.05, 0.1) is 6.61 Å². The van der Waals surface area contributed by atoms with Gasteiger partial charge in [-0.3, -0.25) is 0 Å². The molecule has 0 heterocycles. The summed E-state index contributed by atoms with van der Waals surface area (Å²) in [5.74, 6) is 0. The number of nitrogens with two attached hydrogens (primary N) is 1. The Morgan fingerprint density at radius 1 is 0.889 bits per heavy atom. The maximum absolute atomic E-state index is 10.9. The quantitative estimate of drug-likeness (QED) is 0.410. The standard InChI is InChI=1S/C21H31NO4P/c1-21(2,17-22)13-14-24-18-27(23,25-15-19-9-5-3-6-10-19)26-16-20-11-7-4-8-12-20/h3-12,23H,13-18,22H2,1-2H3/q+1. The van der Waals surface area contributed by atoms with Crippen molar-refractivity contribution >= 4 is 7.94 Å². The molecule has 0 aromatic heterocycles. The van der Waals surface area contributed by atoms with Crippen molar-refractivity contribution in [3.63, 3.8) is 0 Å². The summed E-state index contributed by atoms with van der Waals surface area (Å²) in [6.45, 7) is 5.82. The molecule has 6 heteroatoms. The number of ether oxygens (including phenoxy) is 1. The van der Waals surface area contributed by atoms with Crippen molar-refractivity contribution in [1.82, 2.24) is 0 Å². The zero-order valence-corrected chi connectivity index (χ0v) is 17.1. The van der Waals surface area contributed by atoms with E-state index in [0.29, 0.717) is 13.2 Å². The molecule has 0 unspecified atom stereocenters. The Balaban J connectivity index is 1.91. The molecule has 0 fully saturated rings. The fourth-order valence-corrected chi connectivity index (χ4v) is 3.53. The van der Waals surface area contributed by atoms with Crippen LogP contribution < -0.4 is 5.73 Å². The van der Waals surface area contributed by atoms with Crippen LogP contribution in [0.2, 0.25) is 0 Å². The van der Waals surface area contributed by atoms with E-state index in [0.717, 1.165) is 17.5 Å². The Bertz CT molecular complexity index is 608. The molecule has 0 spiro atoms. The van der Waals surface area contributed by atoms with E-state index in [-0.39, 0.29) is 25.0 Å². The van der Waals surface area contributed by atoms with Gasteiger partial charge in [-0.15, -0.1) is 0 Å². The zero-order valence-electron chi connectivity index (χ0n) is 16.2. The van der Waals surface area contributed by atoms with Gasteiger partial charge in [-0.05, 0) is 29.5 Å². The van der Waals surface area contributed by atoms with Gasteiger partial charge in [0.25, 0.3) is 0 Å². The van der Waals surface area contributed by atoms with Crippen molar-refractivity contribution in [3.05, 3.63) is 71.8 Å². The summed E-state index contributed by atoms with van der Waals surface area (Å²) < 4.78 is 17.3. The molecule has 0 aliphatic rings. The fraction of sp³-hybridized carbons (Fsp3) is 0.429. The Morgan fingerprint density at radius 2 is 1.37 bits per heavy atom. The highest BCUT2D eigenvalue weighted by Gasteiger charge is 2.42. The van der Waals surface area contributed by atoms with Gasteiger partial charge in [0.2, 0.25) is 6.35 Å². The van der Waals surface area contributed by atoms with Crippen molar-refractivity contribution in [2.45, 2.75) is 33.5 Å². The molecule has 0 aliphatic carbocycles. The molecule has 5 nitrogen and oxygen atoms in total. The molecule has 0 radical (unpaired) electrons. The zero-order chi connectivity index (χ0) is 19.6. The summed E-state index contributed by atoms with van der Waals surface area (Å²) in [5, 5.41) is 0. The average Bonchev–Trinajstić information content (AvgIpc) is 2.70. The van der Waals surface area contributed by atoms with E-state index in [1.807, 2.05) is 60.7 Å². The number of hydrogen-bond donors (Lipinski definition) is 2. The first-order valence-electron chi connectivity index (χ1n) is 9.18. The summed E-state index contributed by atoms with van der Waals surface area (Å²) in [7, 11) is -3.14. The van der Waals surface area contributed by atoms with Crippen LogP contribution in [0.3, 0.4) is 0 Å². The summed E-state index contributed by atoms with van der Waals surface area (Å²) in [5.41, 5.74) is 7.71. The van der Waals surface area contributed by atoms with Crippen LogP contribution in [0.5, 0.6) is 0 Å². The van der Waals surface area contributed by atoms with Crippen molar-refractivity contribution in [2.75, 3.05) is 19.5 Å². The van der Waals surface area contributed by atoms with Crippen LogP contribution in [-0.2, 0) is 27.0 Å². The van der Waals surface area contributed by atoms with Crippen LogP contribution in [0.1, 0.15) is 31.4 Å². The highest BCUT2D eigenvalue weighted by molar-refractivity contribution is 7.60. The second-order valence-electron chi connectivity index (χ2n) is 7.31.